The lowest BCUT2D eigenvalue weighted by Gasteiger charge is -2.08. The second kappa shape index (κ2) is 7.66. The van der Waals surface area contributed by atoms with Crippen LogP contribution in [0.3, 0.4) is 0 Å². The summed E-state index contributed by atoms with van der Waals surface area (Å²) in [4.78, 5) is 23.3. The fourth-order valence-electron chi connectivity index (χ4n) is 2.32. The monoisotopic (exact) mass is 413 g/mol. The minimum atomic E-state index is -1.72. The number of carboxylic acids is 1. The van der Waals surface area contributed by atoms with E-state index >= 15 is 0 Å². The standard InChI is InChI=1S/C17H11F4N3O5/c1-24-5-10(14(23-24)17(26)27)22-16(25)11-3-2-7(29-11)6-28-15-12(20)8(18)4-9(19)13(15)21/h2-5H,6H2,1H3,(H,22,25)(H,26,27). The largest absolute Gasteiger partial charge is 0.479 e. The number of carboxylic acid groups (broad SMARTS) is 1. The van der Waals surface area contributed by atoms with Crippen LogP contribution in [0, 0.1) is 23.3 Å². The van der Waals surface area contributed by atoms with Crippen LogP contribution in [-0.2, 0) is 13.7 Å². The highest BCUT2D eigenvalue weighted by atomic mass is 19.2. The molecule has 0 spiro atoms. The van der Waals surface area contributed by atoms with E-state index in [1.54, 1.807) is 0 Å². The van der Waals surface area contributed by atoms with Crippen LogP contribution < -0.4 is 10.1 Å². The minimum absolute atomic E-state index is 0.0384. The maximum absolute atomic E-state index is 13.6. The number of nitrogens with zero attached hydrogens (tertiary/aromatic N) is 2. The van der Waals surface area contributed by atoms with Gasteiger partial charge in [-0.05, 0) is 12.1 Å². The number of carbonyl (C=O) groups is 2. The molecule has 0 bridgehead atoms. The van der Waals surface area contributed by atoms with Crippen LogP contribution in [0.25, 0.3) is 0 Å². The van der Waals surface area contributed by atoms with E-state index in [0.717, 1.165) is 0 Å². The molecule has 0 unspecified atom stereocenters. The first-order chi connectivity index (χ1) is 13.7. The Morgan fingerprint density at radius 2 is 1.86 bits per heavy atom. The topological polar surface area (TPSA) is 107 Å². The van der Waals surface area contributed by atoms with Crippen molar-refractivity contribution in [3.05, 3.63) is 64.9 Å². The third-order valence-corrected chi connectivity index (χ3v) is 3.60. The molecule has 3 aromatic rings. The maximum atomic E-state index is 13.6. The van der Waals surface area contributed by atoms with Crippen LogP contribution in [0.5, 0.6) is 5.75 Å². The zero-order chi connectivity index (χ0) is 21.3. The van der Waals surface area contributed by atoms with E-state index in [9.17, 15) is 27.2 Å². The van der Waals surface area contributed by atoms with Gasteiger partial charge in [0, 0.05) is 19.3 Å². The second-order valence-corrected chi connectivity index (χ2v) is 5.68. The number of carbonyl (C=O) groups excluding carboxylic acids is 1. The molecule has 0 aliphatic heterocycles. The molecule has 12 heteroatoms. The number of anilines is 1. The average molecular weight is 413 g/mol. The Morgan fingerprint density at radius 3 is 2.48 bits per heavy atom. The van der Waals surface area contributed by atoms with Gasteiger partial charge in [0.25, 0.3) is 5.91 Å². The van der Waals surface area contributed by atoms with E-state index in [1.807, 2.05) is 0 Å². The van der Waals surface area contributed by atoms with Crippen molar-refractivity contribution in [2.24, 2.45) is 7.05 Å². The number of rotatable bonds is 6. The SMILES string of the molecule is Cn1cc(NC(=O)c2ccc(COc3c(F)c(F)cc(F)c3F)o2)c(C(=O)O)n1. The third-order valence-electron chi connectivity index (χ3n) is 3.60. The lowest BCUT2D eigenvalue weighted by Crippen LogP contribution is -2.13. The molecule has 29 heavy (non-hydrogen) atoms. The molecule has 8 nitrogen and oxygen atoms in total. The number of ether oxygens (including phenoxy) is 1. The third kappa shape index (κ3) is 4.05. The Bertz CT molecular complexity index is 1080. The Balaban J connectivity index is 1.72. The minimum Gasteiger partial charge on any atom is -0.479 e. The zero-order valence-electron chi connectivity index (χ0n) is 14.5. The first-order valence-electron chi connectivity index (χ1n) is 7.80. The van der Waals surface area contributed by atoms with Crippen molar-refractivity contribution in [1.29, 1.82) is 0 Å². The number of nitrogens with one attached hydrogen (secondary N) is 1. The number of hydrogen-bond acceptors (Lipinski definition) is 5. The predicted molar refractivity (Wildman–Crippen MR) is 87.4 cm³/mol. The number of aryl methyl sites for hydroxylation is 1. The Hall–Kier alpha value is -3.83. The normalized spacial score (nSPS) is 10.8. The summed E-state index contributed by atoms with van der Waals surface area (Å²) in [6, 6.07) is 2.45. The van der Waals surface area contributed by atoms with Gasteiger partial charge in [0.15, 0.2) is 28.8 Å². The molecule has 0 aliphatic rings. The summed E-state index contributed by atoms with van der Waals surface area (Å²) in [5.41, 5.74) is -0.478. The van der Waals surface area contributed by atoms with Gasteiger partial charge in [-0.3, -0.25) is 9.48 Å². The molecule has 2 heterocycles. The van der Waals surface area contributed by atoms with Gasteiger partial charge in [0.1, 0.15) is 12.4 Å². The molecule has 0 saturated heterocycles. The number of hydrogen-bond donors (Lipinski definition) is 2. The second-order valence-electron chi connectivity index (χ2n) is 5.68. The van der Waals surface area contributed by atoms with Gasteiger partial charge in [-0.15, -0.1) is 0 Å². The fraction of sp³-hybridized carbons (Fsp3) is 0.118. The molecule has 0 fully saturated rings. The van der Waals surface area contributed by atoms with Gasteiger partial charge in [-0.1, -0.05) is 0 Å². The molecule has 3 rings (SSSR count). The molecule has 0 atom stereocenters. The smallest absolute Gasteiger partial charge is 0.358 e. The number of aromatic nitrogens is 2. The van der Waals surface area contributed by atoms with E-state index in [4.69, 9.17) is 14.3 Å². The first-order valence-corrected chi connectivity index (χ1v) is 7.80. The Kier molecular flexibility index (Phi) is 5.26. The fourth-order valence-corrected chi connectivity index (χ4v) is 2.32. The number of amides is 1. The van der Waals surface area contributed by atoms with Gasteiger partial charge in [-0.2, -0.15) is 13.9 Å². The molecule has 2 aromatic heterocycles. The number of furan rings is 1. The number of benzene rings is 1. The van der Waals surface area contributed by atoms with Gasteiger partial charge in [0.05, 0.1) is 5.69 Å². The van der Waals surface area contributed by atoms with Crippen molar-refractivity contribution in [3.8, 4) is 5.75 Å². The van der Waals surface area contributed by atoms with Crippen LogP contribution in [0.4, 0.5) is 23.2 Å². The van der Waals surface area contributed by atoms with Crippen LogP contribution in [-0.4, -0.2) is 26.8 Å². The number of halogens is 4. The number of aromatic carboxylic acids is 1. The van der Waals surface area contributed by atoms with Gasteiger partial charge in [-0.25, -0.2) is 13.6 Å². The van der Waals surface area contributed by atoms with Crippen LogP contribution in [0.1, 0.15) is 26.8 Å². The molecule has 0 saturated carbocycles. The van der Waals surface area contributed by atoms with Gasteiger partial charge in [0.2, 0.25) is 11.6 Å². The average Bonchev–Trinajstić information content (AvgIpc) is 3.27. The van der Waals surface area contributed by atoms with Gasteiger partial charge < -0.3 is 19.6 Å². The Labute approximate surface area is 159 Å². The molecule has 152 valence electrons. The van der Waals surface area contributed by atoms with Crippen LogP contribution in [0.2, 0.25) is 0 Å². The van der Waals surface area contributed by atoms with E-state index in [-0.39, 0.29) is 23.3 Å². The summed E-state index contributed by atoms with van der Waals surface area (Å²) in [5, 5.41) is 15.0. The molecular formula is C17H11F4N3O5. The van der Waals surface area contributed by atoms with Crippen LogP contribution in [0.15, 0.2) is 28.8 Å². The summed E-state index contributed by atoms with van der Waals surface area (Å²) < 4.78 is 64.5. The highest BCUT2D eigenvalue weighted by Crippen LogP contribution is 2.27. The van der Waals surface area contributed by atoms with E-state index < -0.39 is 53.2 Å². The van der Waals surface area contributed by atoms with E-state index in [0.29, 0.717) is 0 Å². The highest BCUT2D eigenvalue weighted by Gasteiger charge is 2.22. The van der Waals surface area contributed by atoms with Gasteiger partial charge >= 0.3 is 5.97 Å². The first kappa shape index (κ1) is 19.9. The lowest BCUT2D eigenvalue weighted by molar-refractivity contribution is 0.0690. The molecule has 1 amide bonds. The molecule has 1 aromatic carbocycles. The van der Waals surface area contributed by atoms with Crippen molar-refractivity contribution >= 4 is 17.6 Å². The summed E-state index contributed by atoms with van der Waals surface area (Å²) in [5.74, 6) is -10.5. The quantitative estimate of drug-likeness (QED) is 0.475. The van der Waals surface area contributed by atoms with Crippen molar-refractivity contribution in [2.75, 3.05) is 5.32 Å². The van der Waals surface area contributed by atoms with E-state index in [1.165, 1.54) is 30.1 Å². The highest BCUT2D eigenvalue weighted by molar-refractivity contribution is 6.05. The van der Waals surface area contributed by atoms with E-state index in [2.05, 4.69) is 10.4 Å². The summed E-state index contributed by atoms with van der Waals surface area (Å²) in [6.07, 6.45) is 1.26. The van der Waals surface area contributed by atoms with Crippen molar-refractivity contribution in [3.63, 3.8) is 0 Å². The van der Waals surface area contributed by atoms with Crippen LogP contribution >= 0.6 is 0 Å². The lowest BCUT2D eigenvalue weighted by atomic mass is 10.3. The summed E-state index contributed by atoms with van der Waals surface area (Å²) in [6.45, 7) is -0.642. The molecule has 0 radical (unpaired) electrons. The summed E-state index contributed by atoms with van der Waals surface area (Å²) in [7, 11) is 1.46. The Morgan fingerprint density at radius 1 is 1.21 bits per heavy atom. The van der Waals surface area contributed by atoms with Crippen molar-refractivity contribution in [2.45, 2.75) is 6.61 Å². The molecule has 2 N–H and O–H groups in total. The van der Waals surface area contributed by atoms with Crippen molar-refractivity contribution in [1.82, 2.24) is 9.78 Å². The van der Waals surface area contributed by atoms with Crippen molar-refractivity contribution < 1.29 is 41.4 Å². The predicted octanol–water partition coefficient (Wildman–Crippen LogP) is 3.10. The zero-order valence-corrected chi connectivity index (χ0v) is 14.5. The molecular weight excluding hydrogens is 402 g/mol. The summed E-state index contributed by atoms with van der Waals surface area (Å²) >= 11 is 0. The maximum Gasteiger partial charge on any atom is 0.358 e. The molecule has 0 aliphatic carbocycles.